The fourth-order valence-electron chi connectivity index (χ4n) is 2.71. The normalized spacial score (nSPS) is 13.1. The van der Waals surface area contributed by atoms with Crippen molar-refractivity contribution in [2.75, 3.05) is 13.4 Å². The highest BCUT2D eigenvalue weighted by Crippen LogP contribution is 2.39. The predicted molar refractivity (Wildman–Crippen MR) is 100 cm³/mol. The van der Waals surface area contributed by atoms with Crippen LogP contribution in [0, 0.1) is 0 Å². The van der Waals surface area contributed by atoms with Gasteiger partial charge in [0.15, 0.2) is 18.1 Å². The Bertz CT molecular complexity index is 850. The maximum atomic E-state index is 12.2. The average Bonchev–Trinajstić information content (AvgIpc) is 3.15. The highest BCUT2D eigenvalue weighted by Gasteiger charge is 2.22. The fraction of sp³-hybridized carbons (Fsp3) is 0.300. The number of carbonyl (C=O) groups excluding carboxylic acids is 2. The summed E-state index contributed by atoms with van der Waals surface area (Å²) in [6, 6.07) is 10.7. The fourth-order valence-corrected chi connectivity index (χ4v) is 2.97. The number of carbonyl (C=O) groups is 2. The molecule has 0 radical (unpaired) electrons. The second kappa shape index (κ2) is 8.31. The molecule has 0 aliphatic carbocycles. The summed E-state index contributed by atoms with van der Waals surface area (Å²) >= 11 is 6.05. The Morgan fingerprint density at radius 2 is 1.96 bits per heavy atom. The summed E-state index contributed by atoms with van der Waals surface area (Å²) in [5.41, 5.74) is 2.41. The zero-order valence-electron chi connectivity index (χ0n) is 15.1. The summed E-state index contributed by atoms with van der Waals surface area (Å²) in [5.74, 6) is -0.274. The van der Waals surface area contributed by atoms with Gasteiger partial charge in [-0.05, 0) is 36.6 Å². The maximum Gasteiger partial charge on any atom is 0.338 e. The van der Waals surface area contributed by atoms with Gasteiger partial charge in [-0.3, -0.25) is 4.79 Å². The lowest BCUT2D eigenvalue weighted by atomic mass is 10.1. The van der Waals surface area contributed by atoms with Gasteiger partial charge in [0.05, 0.1) is 16.6 Å². The summed E-state index contributed by atoms with van der Waals surface area (Å²) in [4.78, 5) is 24.3. The van der Waals surface area contributed by atoms with E-state index in [2.05, 4.69) is 12.2 Å². The molecule has 142 valence electrons. The number of hydrogen-bond donors (Lipinski definition) is 1. The van der Waals surface area contributed by atoms with E-state index in [-0.39, 0.29) is 35.9 Å². The molecule has 0 spiro atoms. The van der Waals surface area contributed by atoms with Crippen LogP contribution >= 0.6 is 11.6 Å². The molecular formula is C20H20ClNO5. The minimum absolute atomic E-state index is 0.0487. The second-order valence-electron chi connectivity index (χ2n) is 6.15. The van der Waals surface area contributed by atoms with Crippen molar-refractivity contribution < 1.29 is 23.8 Å². The lowest BCUT2D eigenvalue weighted by Gasteiger charge is -2.15. The van der Waals surface area contributed by atoms with E-state index < -0.39 is 5.97 Å². The SMILES string of the molecule is CCc1ccc(C(C)NC(=O)COC(=O)c2cc(Cl)c3c(c2)OCO3)cc1. The molecule has 1 heterocycles. The van der Waals surface area contributed by atoms with Crippen LogP contribution in [0.25, 0.3) is 0 Å². The number of aryl methyl sites for hydroxylation is 1. The Morgan fingerprint density at radius 1 is 1.22 bits per heavy atom. The number of benzene rings is 2. The summed E-state index contributed by atoms with van der Waals surface area (Å²) in [6.07, 6.45) is 0.959. The molecule has 1 unspecified atom stereocenters. The van der Waals surface area contributed by atoms with Crippen molar-refractivity contribution in [2.24, 2.45) is 0 Å². The topological polar surface area (TPSA) is 73.9 Å². The average molecular weight is 390 g/mol. The van der Waals surface area contributed by atoms with Gasteiger partial charge in [-0.25, -0.2) is 4.79 Å². The molecule has 0 fully saturated rings. The van der Waals surface area contributed by atoms with Crippen LogP contribution in [0.3, 0.4) is 0 Å². The Labute approximate surface area is 162 Å². The molecule has 1 N–H and O–H groups in total. The van der Waals surface area contributed by atoms with Crippen LogP contribution in [-0.2, 0) is 16.0 Å². The number of nitrogens with one attached hydrogen (secondary N) is 1. The van der Waals surface area contributed by atoms with E-state index in [9.17, 15) is 9.59 Å². The van der Waals surface area contributed by atoms with Crippen LogP contribution in [0.4, 0.5) is 0 Å². The van der Waals surface area contributed by atoms with Crippen molar-refractivity contribution in [3.63, 3.8) is 0 Å². The molecule has 27 heavy (non-hydrogen) atoms. The summed E-state index contributed by atoms with van der Waals surface area (Å²) < 4.78 is 15.5. The summed E-state index contributed by atoms with van der Waals surface area (Å²) in [6.45, 7) is 3.62. The first-order valence-corrected chi connectivity index (χ1v) is 9.00. The third kappa shape index (κ3) is 4.52. The van der Waals surface area contributed by atoms with Gasteiger partial charge in [0, 0.05) is 0 Å². The van der Waals surface area contributed by atoms with E-state index in [1.165, 1.54) is 17.7 Å². The lowest BCUT2D eigenvalue weighted by molar-refractivity contribution is -0.124. The molecule has 2 aromatic carbocycles. The van der Waals surface area contributed by atoms with Gasteiger partial charge in [0.25, 0.3) is 5.91 Å². The van der Waals surface area contributed by atoms with Crippen molar-refractivity contribution in [3.05, 3.63) is 58.1 Å². The van der Waals surface area contributed by atoms with E-state index in [1.807, 2.05) is 31.2 Å². The van der Waals surface area contributed by atoms with Crippen molar-refractivity contribution in [3.8, 4) is 11.5 Å². The quantitative estimate of drug-likeness (QED) is 0.763. The van der Waals surface area contributed by atoms with Crippen LogP contribution in [0.5, 0.6) is 11.5 Å². The number of halogens is 1. The van der Waals surface area contributed by atoms with Gasteiger partial charge < -0.3 is 19.5 Å². The first-order chi connectivity index (χ1) is 13.0. The molecule has 3 rings (SSSR count). The zero-order chi connectivity index (χ0) is 19.4. The smallest absolute Gasteiger partial charge is 0.338 e. The van der Waals surface area contributed by atoms with Crippen molar-refractivity contribution in [1.29, 1.82) is 0 Å². The van der Waals surface area contributed by atoms with Gasteiger partial charge in [-0.15, -0.1) is 0 Å². The largest absolute Gasteiger partial charge is 0.454 e. The van der Waals surface area contributed by atoms with Gasteiger partial charge in [0.1, 0.15) is 0 Å². The molecule has 1 amide bonds. The minimum atomic E-state index is -0.662. The first kappa shape index (κ1) is 19.0. The Kier molecular flexibility index (Phi) is 5.86. The second-order valence-corrected chi connectivity index (χ2v) is 6.56. The molecule has 7 heteroatoms. The molecule has 0 saturated heterocycles. The van der Waals surface area contributed by atoms with Crippen LogP contribution in [0.1, 0.15) is 41.4 Å². The first-order valence-electron chi connectivity index (χ1n) is 8.62. The molecule has 1 atom stereocenters. The lowest BCUT2D eigenvalue weighted by Crippen LogP contribution is -2.31. The molecule has 0 bridgehead atoms. The van der Waals surface area contributed by atoms with Crippen LogP contribution in [-0.4, -0.2) is 25.3 Å². The van der Waals surface area contributed by atoms with E-state index in [0.29, 0.717) is 11.5 Å². The Balaban J connectivity index is 1.54. The van der Waals surface area contributed by atoms with E-state index >= 15 is 0 Å². The third-order valence-electron chi connectivity index (χ3n) is 4.26. The monoisotopic (exact) mass is 389 g/mol. The number of esters is 1. The highest BCUT2D eigenvalue weighted by molar-refractivity contribution is 6.32. The minimum Gasteiger partial charge on any atom is -0.454 e. The highest BCUT2D eigenvalue weighted by atomic mass is 35.5. The van der Waals surface area contributed by atoms with Gasteiger partial charge in [0.2, 0.25) is 6.79 Å². The van der Waals surface area contributed by atoms with Crippen molar-refractivity contribution in [1.82, 2.24) is 5.32 Å². The van der Waals surface area contributed by atoms with Crippen molar-refractivity contribution in [2.45, 2.75) is 26.3 Å². The van der Waals surface area contributed by atoms with Crippen molar-refractivity contribution >= 4 is 23.5 Å². The molecule has 0 saturated carbocycles. The Hall–Kier alpha value is -2.73. The van der Waals surface area contributed by atoms with Crippen LogP contribution < -0.4 is 14.8 Å². The van der Waals surface area contributed by atoms with Gasteiger partial charge in [-0.2, -0.15) is 0 Å². The number of fused-ring (bicyclic) bond motifs is 1. The zero-order valence-corrected chi connectivity index (χ0v) is 15.8. The number of ether oxygens (including phenoxy) is 3. The van der Waals surface area contributed by atoms with E-state index in [1.54, 1.807) is 0 Å². The van der Waals surface area contributed by atoms with Gasteiger partial charge in [-0.1, -0.05) is 42.8 Å². The van der Waals surface area contributed by atoms with E-state index in [0.717, 1.165) is 12.0 Å². The number of rotatable bonds is 6. The van der Waals surface area contributed by atoms with Gasteiger partial charge >= 0.3 is 5.97 Å². The molecule has 1 aliphatic rings. The third-order valence-corrected chi connectivity index (χ3v) is 4.54. The number of amides is 1. The molecular weight excluding hydrogens is 370 g/mol. The molecule has 1 aliphatic heterocycles. The molecule has 6 nitrogen and oxygen atoms in total. The van der Waals surface area contributed by atoms with Crippen LogP contribution in [0.15, 0.2) is 36.4 Å². The van der Waals surface area contributed by atoms with Crippen LogP contribution in [0.2, 0.25) is 5.02 Å². The predicted octanol–water partition coefficient (Wildman–Crippen LogP) is 3.67. The summed E-state index contributed by atoms with van der Waals surface area (Å²) in [7, 11) is 0. The standard InChI is InChI=1S/C20H20ClNO5/c1-3-13-4-6-14(7-5-13)12(2)22-18(23)10-25-20(24)15-8-16(21)19-17(9-15)26-11-27-19/h4-9,12H,3,10-11H2,1-2H3,(H,22,23). The molecule has 0 aromatic heterocycles. The molecule has 2 aromatic rings. The number of hydrogen-bond acceptors (Lipinski definition) is 5. The maximum absolute atomic E-state index is 12.2. The summed E-state index contributed by atoms with van der Waals surface area (Å²) in [5, 5.41) is 3.06. The Morgan fingerprint density at radius 3 is 2.67 bits per heavy atom. The van der Waals surface area contributed by atoms with E-state index in [4.69, 9.17) is 25.8 Å².